The number of carbonyl (C=O) groups is 1. The molecule has 1 aliphatic rings. The maximum atomic E-state index is 13.7. The second-order valence-corrected chi connectivity index (χ2v) is 5.76. The number of halogens is 3. The van der Waals surface area contributed by atoms with E-state index in [2.05, 4.69) is 22.5 Å². The first-order chi connectivity index (χ1) is 9.99. The van der Waals surface area contributed by atoms with Gasteiger partial charge in [-0.15, -0.1) is 0 Å². The Morgan fingerprint density at radius 3 is 2.90 bits per heavy atom. The molecule has 110 valence electrons. The largest absolute Gasteiger partial charge is 0.474 e. The van der Waals surface area contributed by atoms with Crippen molar-refractivity contribution in [2.24, 2.45) is 0 Å². The van der Waals surface area contributed by atoms with Gasteiger partial charge in [-0.1, -0.05) is 42.5 Å². The van der Waals surface area contributed by atoms with Gasteiger partial charge in [0.05, 0.1) is 5.02 Å². The Hall–Kier alpha value is -1.39. The summed E-state index contributed by atoms with van der Waals surface area (Å²) in [6, 6.07) is 1.21. The van der Waals surface area contributed by atoms with E-state index in [0.717, 1.165) is 6.29 Å². The highest BCUT2D eigenvalue weighted by atomic mass is 79.9. The molecule has 0 N–H and O–H groups in total. The Morgan fingerprint density at radius 2 is 2.33 bits per heavy atom. The topological polar surface area (TPSA) is 26.3 Å². The lowest BCUT2D eigenvalue weighted by Gasteiger charge is -2.23. The number of aldehydes is 1. The number of benzene rings is 1. The van der Waals surface area contributed by atoms with Crippen LogP contribution in [0, 0.1) is 5.82 Å². The average molecular weight is 372 g/mol. The molecule has 2 nitrogen and oxygen atoms in total. The Morgan fingerprint density at radius 1 is 1.62 bits per heavy atom. The highest BCUT2D eigenvalue weighted by Crippen LogP contribution is 2.45. The van der Waals surface area contributed by atoms with Crippen LogP contribution in [0.3, 0.4) is 0 Å². The van der Waals surface area contributed by atoms with Crippen LogP contribution in [0.2, 0.25) is 5.02 Å². The molecular weight excluding hydrogens is 359 g/mol. The van der Waals surface area contributed by atoms with Gasteiger partial charge in [-0.2, -0.15) is 0 Å². The minimum absolute atomic E-state index is 0.0114. The highest BCUT2D eigenvalue weighted by molar-refractivity contribution is 9.10. The number of rotatable bonds is 4. The lowest BCUT2D eigenvalue weighted by Crippen LogP contribution is -2.38. The Kier molecular flexibility index (Phi) is 4.69. The standard InChI is InChI=1S/C16H13BrClFO2/c1-3-5-6-10(4-2)16(9-20)8-11-13(21-16)7-12(19)15(18)14(11)17/h3-7,9H,1,8H2,2H3/b6-5-,10-4+. The van der Waals surface area contributed by atoms with Crippen molar-refractivity contribution in [1.82, 2.24) is 0 Å². The summed E-state index contributed by atoms with van der Waals surface area (Å²) in [6.45, 7) is 5.41. The van der Waals surface area contributed by atoms with E-state index >= 15 is 0 Å². The average Bonchev–Trinajstić information content (AvgIpc) is 2.86. The van der Waals surface area contributed by atoms with Crippen molar-refractivity contribution in [3.8, 4) is 5.75 Å². The van der Waals surface area contributed by atoms with E-state index in [1.165, 1.54) is 6.07 Å². The first-order valence-corrected chi connectivity index (χ1v) is 7.43. The normalized spacial score (nSPS) is 21.2. The van der Waals surface area contributed by atoms with Gasteiger partial charge in [0.25, 0.3) is 0 Å². The minimum Gasteiger partial charge on any atom is -0.474 e. The maximum Gasteiger partial charge on any atom is 0.193 e. The molecule has 21 heavy (non-hydrogen) atoms. The van der Waals surface area contributed by atoms with E-state index < -0.39 is 11.4 Å². The van der Waals surface area contributed by atoms with E-state index in [1.807, 2.05) is 6.92 Å². The smallest absolute Gasteiger partial charge is 0.193 e. The second kappa shape index (κ2) is 6.16. The molecule has 0 saturated heterocycles. The summed E-state index contributed by atoms with van der Waals surface area (Å²) < 4.78 is 19.9. The third-order valence-electron chi connectivity index (χ3n) is 3.36. The molecule has 0 aromatic heterocycles. The fourth-order valence-electron chi connectivity index (χ4n) is 2.31. The van der Waals surface area contributed by atoms with E-state index in [0.29, 0.717) is 21.4 Å². The second-order valence-electron chi connectivity index (χ2n) is 4.59. The fourth-order valence-corrected chi connectivity index (χ4v) is 3.00. The molecular formula is C16H13BrClFO2. The SMILES string of the molecule is C=C/C=C\C(=C/C)C1(C=O)Cc2c(cc(F)c(Cl)c2Br)O1. The summed E-state index contributed by atoms with van der Waals surface area (Å²) in [4.78, 5) is 11.7. The van der Waals surface area contributed by atoms with Crippen LogP contribution in [0.5, 0.6) is 5.75 Å². The molecule has 1 aliphatic heterocycles. The summed E-state index contributed by atoms with van der Waals surface area (Å²) in [5.74, 6) is -0.269. The number of ether oxygens (including phenoxy) is 1. The van der Waals surface area contributed by atoms with Crippen molar-refractivity contribution < 1.29 is 13.9 Å². The Bertz CT molecular complexity index is 667. The van der Waals surface area contributed by atoms with Crippen molar-refractivity contribution in [1.29, 1.82) is 0 Å². The third kappa shape index (κ3) is 2.70. The molecule has 5 heteroatoms. The highest BCUT2D eigenvalue weighted by Gasteiger charge is 2.43. The monoisotopic (exact) mass is 370 g/mol. The summed E-state index contributed by atoms with van der Waals surface area (Å²) in [6.07, 6.45) is 7.87. The van der Waals surface area contributed by atoms with E-state index in [-0.39, 0.29) is 11.4 Å². The number of hydrogen-bond donors (Lipinski definition) is 0. The molecule has 0 amide bonds. The lowest BCUT2D eigenvalue weighted by atomic mass is 9.89. The van der Waals surface area contributed by atoms with Crippen LogP contribution in [0.25, 0.3) is 0 Å². The number of allylic oxidation sites excluding steroid dienone is 3. The summed E-state index contributed by atoms with van der Waals surface area (Å²) in [7, 11) is 0. The first kappa shape index (κ1) is 16.0. The molecule has 1 aromatic carbocycles. The van der Waals surface area contributed by atoms with Crippen molar-refractivity contribution >= 4 is 33.8 Å². The predicted octanol–water partition coefficient (Wildman–Crippen LogP) is 4.80. The van der Waals surface area contributed by atoms with E-state index in [9.17, 15) is 9.18 Å². The van der Waals surface area contributed by atoms with Crippen LogP contribution >= 0.6 is 27.5 Å². The van der Waals surface area contributed by atoms with Gasteiger partial charge < -0.3 is 4.74 Å². The molecule has 1 unspecified atom stereocenters. The Labute approximate surface area is 136 Å². The van der Waals surface area contributed by atoms with Gasteiger partial charge in [-0.25, -0.2) is 4.39 Å². The van der Waals surface area contributed by atoms with Gasteiger partial charge >= 0.3 is 0 Å². The molecule has 0 radical (unpaired) electrons. The molecule has 0 aliphatic carbocycles. The van der Waals surface area contributed by atoms with E-state index in [4.69, 9.17) is 16.3 Å². The summed E-state index contributed by atoms with van der Waals surface area (Å²) >= 11 is 9.15. The van der Waals surface area contributed by atoms with Crippen LogP contribution in [0.15, 0.2) is 47.0 Å². The van der Waals surface area contributed by atoms with Crippen LogP contribution < -0.4 is 4.74 Å². The first-order valence-electron chi connectivity index (χ1n) is 6.26. The number of fused-ring (bicyclic) bond motifs is 1. The Balaban J connectivity index is 2.52. The van der Waals surface area contributed by atoms with Crippen molar-refractivity contribution in [3.63, 3.8) is 0 Å². The molecule has 1 atom stereocenters. The van der Waals surface area contributed by atoms with Crippen LogP contribution in [-0.2, 0) is 11.2 Å². The van der Waals surface area contributed by atoms with Crippen molar-refractivity contribution in [2.75, 3.05) is 0 Å². The third-order valence-corrected chi connectivity index (χ3v) is 4.83. The number of hydrogen-bond acceptors (Lipinski definition) is 2. The van der Waals surface area contributed by atoms with E-state index in [1.54, 1.807) is 24.3 Å². The molecule has 0 saturated carbocycles. The van der Waals surface area contributed by atoms with Crippen molar-refractivity contribution in [3.05, 3.63) is 63.4 Å². The van der Waals surface area contributed by atoms with Gasteiger partial charge in [0.15, 0.2) is 11.9 Å². The van der Waals surface area contributed by atoms with Gasteiger partial charge in [0, 0.05) is 22.5 Å². The molecule has 1 heterocycles. The zero-order chi connectivity index (χ0) is 15.6. The fraction of sp³-hybridized carbons (Fsp3) is 0.188. The summed E-state index contributed by atoms with van der Waals surface area (Å²) in [5, 5.41) is -0.0114. The molecule has 0 fully saturated rings. The van der Waals surface area contributed by atoms with Gasteiger partial charge in [-0.3, -0.25) is 4.79 Å². The van der Waals surface area contributed by atoms with Gasteiger partial charge in [0.2, 0.25) is 0 Å². The number of carbonyl (C=O) groups excluding carboxylic acids is 1. The lowest BCUT2D eigenvalue weighted by molar-refractivity contribution is -0.117. The van der Waals surface area contributed by atoms with Crippen LogP contribution in [0.1, 0.15) is 12.5 Å². The quantitative estimate of drug-likeness (QED) is 0.431. The van der Waals surface area contributed by atoms with Gasteiger partial charge in [0.1, 0.15) is 11.6 Å². The molecule has 2 rings (SSSR count). The van der Waals surface area contributed by atoms with Crippen molar-refractivity contribution in [2.45, 2.75) is 18.9 Å². The van der Waals surface area contributed by atoms with Gasteiger partial charge in [-0.05, 0) is 28.4 Å². The molecule has 0 bridgehead atoms. The molecule has 1 aromatic rings. The zero-order valence-electron chi connectivity index (χ0n) is 11.3. The maximum absolute atomic E-state index is 13.7. The minimum atomic E-state index is -1.17. The van der Waals surface area contributed by atoms with Crippen LogP contribution in [0.4, 0.5) is 4.39 Å². The predicted molar refractivity (Wildman–Crippen MR) is 85.3 cm³/mol. The van der Waals surface area contributed by atoms with Crippen LogP contribution in [-0.4, -0.2) is 11.9 Å². The summed E-state index contributed by atoms with van der Waals surface area (Å²) in [5.41, 5.74) is 0.188. The molecule has 0 spiro atoms. The zero-order valence-corrected chi connectivity index (χ0v) is 13.7.